The molecule has 53 heavy (non-hydrogen) atoms. The van der Waals surface area contributed by atoms with Gasteiger partial charge in [0.05, 0.1) is 41.7 Å². The van der Waals surface area contributed by atoms with Crippen LogP contribution >= 0.6 is 0 Å². The number of rotatable bonds is 8. The third-order valence-corrected chi connectivity index (χ3v) is 11.7. The van der Waals surface area contributed by atoms with E-state index < -0.39 is 35.0 Å². The Balaban J connectivity index is 1.28. The Labute approximate surface area is 308 Å². The van der Waals surface area contributed by atoms with Gasteiger partial charge < -0.3 is 9.84 Å². The van der Waals surface area contributed by atoms with Crippen LogP contribution in [0.2, 0.25) is 0 Å². The summed E-state index contributed by atoms with van der Waals surface area (Å²) in [6.07, 6.45) is 7.26. The van der Waals surface area contributed by atoms with Gasteiger partial charge in [-0.15, -0.1) is 0 Å². The zero-order valence-electron chi connectivity index (χ0n) is 29.9. The van der Waals surface area contributed by atoms with Crippen LogP contribution in [0.1, 0.15) is 42.0 Å². The second kappa shape index (κ2) is 13.2. The Bertz CT molecular complexity index is 2180. The first-order valence-corrected chi connectivity index (χ1v) is 18.2. The van der Waals surface area contributed by atoms with E-state index in [1.54, 1.807) is 18.2 Å². The summed E-state index contributed by atoms with van der Waals surface area (Å²) in [5, 5.41) is 11.5. The fourth-order valence-electron chi connectivity index (χ4n) is 9.13. The number of hydrogen-bond donors (Lipinski definition) is 2. The first-order valence-electron chi connectivity index (χ1n) is 18.2. The number of hydrogen-bond acceptors (Lipinski definition) is 7. The summed E-state index contributed by atoms with van der Waals surface area (Å²) in [6, 6.07) is 29.4. The summed E-state index contributed by atoms with van der Waals surface area (Å²) in [7, 11) is 1.48. The zero-order valence-corrected chi connectivity index (χ0v) is 29.9. The van der Waals surface area contributed by atoms with E-state index in [9.17, 15) is 19.5 Å². The van der Waals surface area contributed by atoms with Gasteiger partial charge in [0.1, 0.15) is 0 Å². The number of carbonyl (C=O) groups is 4. The van der Waals surface area contributed by atoms with Crippen molar-refractivity contribution in [1.82, 2.24) is 5.01 Å². The molecule has 6 atom stereocenters. The van der Waals surface area contributed by atoms with Crippen LogP contribution in [0, 0.1) is 36.5 Å². The quantitative estimate of drug-likeness (QED) is 0.150. The lowest BCUT2D eigenvalue weighted by atomic mass is 9.50. The van der Waals surface area contributed by atoms with Gasteiger partial charge in [0, 0.05) is 5.92 Å². The highest BCUT2D eigenvalue weighted by Gasteiger charge is 2.69. The summed E-state index contributed by atoms with van der Waals surface area (Å²) in [5.74, 6) is -4.21. The molecule has 2 saturated heterocycles. The molecule has 4 amide bonds. The number of fused-ring (bicyclic) bond motifs is 4. The van der Waals surface area contributed by atoms with Gasteiger partial charge in [-0.25, -0.2) is 0 Å². The van der Waals surface area contributed by atoms with Gasteiger partial charge in [-0.2, -0.15) is 5.01 Å². The van der Waals surface area contributed by atoms with Gasteiger partial charge in [-0.1, -0.05) is 97.0 Å². The predicted octanol–water partition coefficient (Wildman–Crippen LogP) is 7.01. The maximum Gasteiger partial charge on any atom is 0.260 e. The number of nitrogens with zero attached hydrogens (tertiary/aromatic N) is 2. The molecule has 9 nitrogen and oxygen atoms in total. The molecule has 0 radical (unpaired) electrons. The largest absolute Gasteiger partial charge is 0.504 e. The molecule has 8 rings (SSSR count). The molecule has 1 saturated carbocycles. The number of aromatic hydroxyl groups is 1. The molecule has 268 valence electrons. The van der Waals surface area contributed by atoms with E-state index in [2.05, 4.69) is 12.3 Å². The van der Waals surface area contributed by atoms with Crippen molar-refractivity contribution in [3.8, 4) is 11.5 Å². The van der Waals surface area contributed by atoms with E-state index in [0.29, 0.717) is 29.1 Å². The van der Waals surface area contributed by atoms with E-state index in [-0.39, 0.29) is 35.8 Å². The van der Waals surface area contributed by atoms with Crippen LogP contribution < -0.4 is 15.1 Å². The molecule has 9 heteroatoms. The van der Waals surface area contributed by atoms with Gasteiger partial charge >= 0.3 is 0 Å². The molecule has 2 heterocycles. The van der Waals surface area contributed by atoms with Crippen LogP contribution in [0.5, 0.6) is 11.5 Å². The number of ether oxygens (including phenoxy) is 1. The zero-order chi connectivity index (χ0) is 37.0. The minimum absolute atomic E-state index is 0.00285. The molecule has 2 aliphatic carbocycles. The van der Waals surface area contributed by atoms with Crippen molar-refractivity contribution >= 4 is 41.1 Å². The predicted molar refractivity (Wildman–Crippen MR) is 202 cm³/mol. The number of aryl methyl sites for hydroxylation is 2. The lowest BCUT2D eigenvalue weighted by Gasteiger charge is -2.49. The van der Waals surface area contributed by atoms with Crippen LogP contribution in [-0.2, 0) is 31.0 Å². The average molecular weight is 708 g/mol. The van der Waals surface area contributed by atoms with Crippen molar-refractivity contribution in [1.29, 1.82) is 0 Å². The van der Waals surface area contributed by atoms with E-state index >= 15 is 4.79 Å². The van der Waals surface area contributed by atoms with Crippen molar-refractivity contribution in [3.63, 3.8) is 0 Å². The van der Waals surface area contributed by atoms with E-state index in [1.165, 1.54) is 12.0 Å². The number of methoxy groups -OCH3 is 1. The number of allylic oxidation sites excluding steroid dienone is 3. The summed E-state index contributed by atoms with van der Waals surface area (Å²) < 4.78 is 5.38. The van der Waals surface area contributed by atoms with Crippen molar-refractivity contribution in [3.05, 3.63) is 137 Å². The molecule has 0 spiro atoms. The minimum Gasteiger partial charge on any atom is -0.504 e. The summed E-state index contributed by atoms with van der Waals surface area (Å²) in [4.78, 5) is 59.9. The molecule has 0 aromatic heterocycles. The smallest absolute Gasteiger partial charge is 0.260 e. The lowest BCUT2D eigenvalue weighted by molar-refractivity contribution is -0.139. The highest BCUT2D eigenvalue weighted by molar-refractivity contribution is 6.22. The number of benzene rings is 4. The Morgan fingerprint density at radius 2 is 1.62 bits per heavy atom. The summed E-state index contributed by atoms with van der Waals surface area (Å²) in [6.45, 7) is 4.02. The highest BCUT2D eigenvalue weighted by atomic mass is 16.5. The van der Waals surface area contributed by atoms with Crippen LogP contribution in [0.25, 0.3) is 6.08 Å². The average Bonchev–Trinajstić information content (AvgIpc) is 3.56. The molecule has 2 N–H and O–H groups in total. The molecule has 4 aromatic rings. The maximum absolute atomic E-state index is 15.2. The molecule has 4 aromatic carbocycles. The van der Waals surface area contributed by atoms with E-state index in [0.717, 1.165) is 33.7 Å². The fraction of sp³-hybridized carbons (Fsp3) is 0.273. The maximum atomic E-state index is 15.2. The first-order chi connectivity index (χ1) is 25.7. The Morgan fingerprint density at radius 3 is 2.32 bits per heavy atom. The second-order valence-corrected chi connectivity index (χ2v) is 14.5. The number of hydrazine groups is 1. The van der Waals surface area contributed by atoms with E-state index in [1.807, 2.05) is 104 Å². The fourth-order valence-corrected chi connectivity index (χ4v) is 9.13. The van der Waals surface area contributed by atoms with Crippen molar-refractivity contribution in [2.75, 3.05) is 17.4 Å². The molecule has 0 unspecified atom stereocenters. The van der Waals surface area contributed by atoms with Gasteiger partial charge in [-0.3, -0.25) is 29.5 Å². The number of anilines is 2. The van der Waals surface area contributed by atoms with Crippen molar-refractivity contribution in [2.45, 2.75) is 38.5 Å². The van der Waals surface area contributed by atoms with Gasteiger partial charge in [-0.05, 0) is 85.2 Å². The molecule has 3 fully saturated rings. The Hall–Kier alpha value is -5.96. The molecule has 0 bridgehead atoms. The first kappa shape index (κ1) is 34.1. The third-order valence-electron chi connectivity index (χ3n) is 11.7. The van der Waals surface area contributed by atoms with E-state index in [4.69, 9.17) is 4.74 Å². The van der Waals surface area contributed by atoms with Gasteiger partial charge in [0.15, 0.2) is 11.5 Å². The van der Waals surface area contributed by atoms with Gasteiger partial charge in [0.25, 0.3) is 11.8 Å². The Morgan fingerprint density at radius 1 is 0.887 bits per heavy atom. The van der Waals surface area contributed by atoms with Crippen LogP contribution in [0.15, 0.2) is 115 Å². The molecular formula is C44H41N3O6. The normalized spacial score (nSPS) is 26.4. The third kappa shape index (κ3) is 5.36. The molecular weight excluding hydrogens is 666 g/mol. The van der Waals surface area contributed by atoms with Gasteiger partial charge in [0.2, 0.25) is 11.8 Å². The topological polar surface area (TPSA) is 116 Å². The summed E-state index contributed by atoms with van der Waals surface area (Å²) >= 11 is 0. The molecule has 2 aliphatic heterocycles. The van der Waals surface area contributed by atoms with Crippen molar-refractivity contribution < 1.29 is 29.0 Å². The summed E-state index contributed by atoms with van der Waals surface area (Å²) in [5.41, 5.74) is 7.35. The van der Waals surface area contributed by atoms with Crippen LogP contribution in [0.4, 0.5) is 11.4 Å². The lowest BCUT2D eigenvalue weighted by Crippen LogP contribution is -2.54. The minimum atomic E-state index is -1.36. The highest BCUT2D eigenvalue weighted by Crippen LogP contribution is 2.61. The number of imide groups is 2. The van der Waals surface area contributed by atoms with Crippen LogP contribution in [-0.4, -0.2) is 40.9 Å². The number of phenolic OH excluding ortho intramolecular Hbond substituents is 1. The van der Waals surface area contributed by atoms with Crippen LogP contribution in [0.3, 0.4) is 0 Å². The monoisotopic (exact) mass is 707 g/mol. The SMILES string of the molecule is CCc1ccc(N2C(=O)[C@H]3[C@H](CC=C4[C@H]3C[C@H]3C(=O)N(Nc5ccc(C)cc5)C(=O)[C@@]3(c3ccccc3)[C@H]4C=Cc3ccc(O)c(OC)c3)C2=O)cc1. The molecule has 4 aliphatic rings. The number of amides is 4. The van der Waals surface area contributed by atoms with Crippen molar-refractivity contribution in [2.24, 2.45) is 29.6 Å². The second-order valence-electron chi connectivity index (χ2n) is 14.5. The Kier molecular flexibility index (Phi) is 8.52. The number of phenols is 1. The standard InChI is InChI=1S/C44H41N3O6/c1-4-27-12-18-31(19-13-27)46-40(49)33-21-20-32-34(39(33)42(46)51)25-36-41(50)47(45-30-16-10-26(2)11-17-30)43(52)44(36,29-8-6-5-7-9-29)35(32)22-14-28-15-23-37(48)38(24-28)53-3/h5-20,22-24,33-36,39,45,48H,4,21,25H2,1-3H3/t33-,34+,35-,36-,39-,44-/m0/s1. The number of nitrogens with one attached hydrogen (secondary N) is 1. The number of carbonyl (C=O) groups excluding carboxylic acids is 4.